The SMILES string of the molecule is CSCCCNC(=O)c1cc(N)cn1C(C)C. The molecule has 0 atom stereocenters. The van der Waals surface area contributed by atoms with E-state index in [9.17, 15) is 4.79 Å². The van der Waals surface area contributed by atoms with Gasteiger partial charge in [0.05, 0.1) is 5.69 Å². The molecule has 0 aromatic carbocycles. The molecule has 0 radical (unpaired) electrons. The topological polar surface area (TPSA) is 60.1 Å². The van der Waals surface area contributed by atoms with Crippen LogP contribution < -0.4 is 11.1 Å². The minimum absolute atomic E-state index is 0.0449. The predicted octanol–water partition coefficient (Wildman–Crippen LogP) is 2.13. The van der Waals surface area contributed by atoms with Gasteiger partial charge in [-0.1, -0.05) is 0 Å². The molecule has 1 rings (SSSR count). The highest BCUT2D eigenvalue weighted by molar-refractivity contribution is 7.98. The Hall–Kier alpha value is -1.10. The maximum Gasteiger partial charge on any atom is 0.267 e. The second kappa shape index (κ2) is 6.59. The number of amides is 1. The van der Waals surface area contributed by atoms with Crippen LogP contribution in [0, 0.1) is 0 Å². The summed E-state index contributed by atoms with van der Waals surface area (Å²) in [5.41, 5.74) is 7.00. The lowest BCUT2D eigenvalue weighted by Gasteiger charge is -2.12. The first kappa shape index (κ1) is 14.0. The second-order valence-corrected chi connectivity index (χ2v) is 5.25. The van der Waals surface area contributed by atoms with E-state index >= 15 is 0 Å². The molecule has 5 heteroatoms. The number of nitrogens with zero attached hydrogens (tertiary/aromatic N) is 1. The first-order valence-corrected chi connectivity index (χ1v) is 7.20. The highest BCUT2D eigenvalue weighted by atomic mass is 32.2. The Labute approximate surface area is 107 Å². The number of nitrogen functional groups attached to an aromatic ring is 1. The molecule has 4 nitrogen and oxygen atoms in total. The number of hydrogen-bond donors (Lipinski definition) is 2. The largest absolute Gasteiger partial charge is 0.397 e. The van der Waals surface area contributed by atoms with Crippen LogP contribution in [0.1, 0.15) is 36.8 Å². The number of aromatic nitrogens is 1. The third kappa shape index (κ3) is 4.00. The van der Waals surface area contributed by atoms with Crippen molar-refractivity contribution in [2.24, 2.45) is 0 Å². The van der Waals surface area contributed by atoms with E-state index in [1.807, 2.05) is 24.6 Å². The van der Waals surface area contributed by atoms with Crippen molar-refractivity contribution in [3.05, 3.63) is 18.0 Å². The molecule has 0 fully saturated rings. The van der Waals surface area contributed by atoms with Gasteiger partial charge in [-0.2, -0.15) is 11.8 Å². The van der Waals surface area contributed by atoms with Crippen molar-refractivity contribution in [3.8, 4) is 0 Å². The third-order valence-corrected chi connectivity index (χ3v) is 3.17. The Morgan fingerprint density at radius 1 is 1.59 bits per heavy atom. The molecule has 0 spiro atoms. The summed E-state index contributed by atoms with van der Waals surface area (Å²) in [6, 6.07) is 1.96. The molecule has 0 saturated carbocycles. The summed E-state index contributed by atoms with van der Waals surface area (Å²) in [4.78, 5) is 12.0. The molecule has 96 valence electrons. The van der Waals surface area contributed by atoms with Crippen molar-refractivity contribution < 1.29 is 4.79 Å². The smallest absolute Gasteiger partial charge is 0.267 e. The Bertz CT molecular complexity index is 374. The van der Waals surface area contributed by atoms with Crippen LogP contribution in [-0.4, -0.2) is 29.0 Å². The van der Waals surface area contributed by atoms with E-state index in [4.69, 9.17) is 5.73 Å². The molecule has 17 heavy (non-hydrogen) atoms. The van der Waals surface area contributed by atoms with Crippen molar-refractivity contribution in [2.45, 2.75) is 26.3 Å². The Morgan fingerprint density at radius 2 is 2.29 bits per heavy atom. The number of hydrogen-bond acceptors (Lipinski definition) is 3. The van der Waals surface area contributed by atoms with Gasteiger partial charge in [0, 0.05) is 18.8 Å². The molecule has 1 aromatic rings. The first-order valence-electron chi connectivity index (χ1n) is 5.80. The van der Waals surface area contributed by atoms with E-state index in [0.717, 1.165) is 12.2 Å². The van der Waals surface area contributed by atoms with E-state index in [2.05, 4.69) is 11.6 Å². The third-order valence-electron chi connectivity index (χ3n) is 2.47. The van der Waals surface area contributed by atoms with Crippen LogP contribution in [0.5, 0.6) is 0 Å². The number of nitrogens with one attached hydrogen (secondary N) is 1. The first-order chi connectivity index (χ1) is 8.06. The lowest BCUT2D eigenvalue weighted by atomic mass is 10.3. The summed E-state index contributed by atoms with van der Waals surface area (Å²) in [5, 5.41) is 2.91. The quantitative estimate of drug-likeness (QED) is 0.766. The van der Waals surface area contributed by atoms with Gasteiger partial charge in [0.15, 0.2) is 0 Å². The number of anilines is 1. The van der Waals surface area contributed by atoms with Gasteiger partial charge in [-0.25, -0.2) is 0 Å². The van der Waals surface area contributed by atoms with Gasteiger partial charge in [0.2, 0.25) is 0 Å². The number of rotatable bonds is 6. The maximum absolute atomic E-state index is 12.0. The molecule has 0 aliphatic rings. The molecular formula is C12H21N3OS. The van der Waals surface area contributed by atoms with E-state index in [-0.39, 0.29) is 11.9 Å². The average Bonchev–Trinajstić information content (AvgIpc) is 2.66. The number of carbonyl (C=O) groups excluding carboxylic acids is 1. The van der Waals surface area contributed by atoms with Crippen LogP contribution in [0.3, 0.4) is 0 Å². The van der Waals surface area contributed by atoms with Crippen LogP contribution in [0.25, 0.3) is 0 Å². The normalized spacial score (nSPS) is 10.8. The molecule has 1 amide bonds. The van der Waals surface area contributed by atoms with Crippen LogP contribution in [0.15, 0.2) is 12.3 Å². The molecule has 0 bridgehead atoms. The highest BCUT2D eigenvalue weighted by Gasteiger charge is 2.13. The van der Waals surface area contributed by atoms with E-state index < -0.39 is 0 Å². The molecule has 0 unspecified atom stereocenters. The molecule has 3 N–H and O–H groups in total. The summed E-state index contributed by atoms with van der Waals surface area (Å²) in [6.45, 7) is 4.77. The van der Waals surface area contributed by atoms with Gasteiger partial charge in [0.1, 0.15) is 5.69 Å². The fourth-order valence-corrected chi connectivity index (χ4v) is 2.05. The Kier molecular flexibility index (Phi) is 5.41. The standard InChI is InChI=1S/C12H21N3OS/c1-9(2)15-8-10(13)7-11(15)12(16)14-5-4-6-17-3/h7-9H,4-6,13H2,1-3H3,(H,14,16). The van der Waals surface area contributed by atoms with E-state index in [0.29, 0.717) is 17.9 Å². The van der Waals surface area contributed by atoms with Crippen LogP contribution in [0.2, 0.25) is 0 Å². The summed E-state index contributed by atoms with van der Waals surface area (Å²) >= 11 is 1.78. The van der Waals surface area contributed by atoms with Gasteiger partial charge in [0.25, 0.3) is 5.91 Å². The summed E-state index contributed by atoms with van der Waals surface area (Å²) in [7, 11) is 0. The van der Waals surface area contributed by atoms with Gasteiger partial charge >= 0.3 is 0 Å². The zero-order valence-electron chi connectivity index (χ0n) is 10.7. The molecule has 0 saturated heterocycles. The monoisotopic (exact) mass is 255 g/mol. The fourth-order valence-electron chi connectivity index (χ4n) is 1.62. The van der Waals surface area contributed by atoms with Gasteiger partial charge in [-0.15, -0.1) is 0 Å². The maximum atomic E-state index is 12.0. The zero-order valence-corrected chi connectivity index (χ0v) is 11.5. The van der Waals surface area contributed by atoms with Crippen molar-refractivity contribution >= 4 is 23.4 Å². The second-order valence-electron chi connectivity index (χ2n) is 4.26. The Morgan fingerprint density at radius 3 is 2.88 bits per heavy atom. The van der Waals surface area contributed by atoms with E-state index in [1.165, 1.54) is 0 Å². The van der Waals surface area contributed by atoms with Crippen molar-refractivity contribution in [1.82, 2.24) is 9.88 Å². The zero-order chi connectivity index (χ0) is 12.8. The molecule has 1 aromatic heterocycles. The minimum atomic E-state index is -0.0449. The van der Waals surface area contributed by atoms with Gasteiger partial charge in [-0.05, 0) is 38.3 Å². The van der Waals surface area contributed by atoms with Gasteiger partial charge < -0.3 is 15.6 Å². The average molecular weight is 255 g/mol. The van der Waals surface area contributed by atoms with Crippen LogP contribution in [-0.2, 0) is 0 Å². The number of carbonyl (C=O) groups is 1. The summed E-state index contributed by atoms with van der Waals surface area (Å²) in [6.07, 6.45) is 4.86. The highest BCUT2D eigenvalue weighted by Crippen LogP contribution is 2.16. The van der Waals surface area contributed by atoms with Gasteiger partial charge in [-0.3, -0.25) is 4.79 Å². The van der Waals surface area contributed by atoms with Crippen molar-refractivity contribution in [1.29, 1.82) is 0 Å². The van der Waals surface area contributed by atoms with E-state index in [1.54, 1.807) is 17.8 Å². The number of thioether (sulfide) groups is 1. The lowest BCUT2D eigenvalue weighted by molar-refractivity contribution is 0.0943. The molecule has 1 heterocycles. The van der Waals surface area contributed by atoms with Crippen LogP contribution in [0.4, 0.5) is 5.69 Å². The Balaban J connectivity index is 2.62. The minimum Gasteiger partial charge on any atom is -0.397 e. The van der Waals surface area contributed by atoms with Crippen molar-refractivity contribution in [2.75, 3.05) is 24.3 Å². The predicted molar refractivity (Wildman–Crippen MR) is 74.6 cm³/mol. The lowest BCUT2D eigenvalue weighted by Crippen LogP contribution is -2.27. The van der Waals surface area contributed by atoms with Crippen molar-refractivity contribution in [3.63, 3.8) is 0 Å². The summed E-state index contributed by atoms with van der Waals surface area (Å²) in [5.74, 6) is 1.02. The summed E-state index contributed by atoms with van der Waals surface area (Å²) < 4.78 is 1.90. The fraction of sp³-hybridized carbons (Fsp3) is 0.583. The number of nitrogens with two attached hydrogens (primary N) is 1. The molecular weight excluding hydrogens is 234 g/mol. The molecule has 0 aliphatic heterocycles. The van der Waals surface area contributed by atoms with Crippen LogP contribution >= 0.6 is 11.8 Å². The molecule has 0 aliphatic carbocycles.